The monoisotopic (exact) mass is 276 g/mol. The van der Waals surface area contributed by atoms with E-state index in [9.17, 15) is 9.59 Å². The molecule has 0 fully saturated rings. The zero-order valence-corrected chi connectivity index (χ0v) is 13.2. The Labute approximate surface area is 121 Å². The molecular weight excluding hydrogens is 252 g/mol. The summed E-state index contributed by atoms with van der Waals surface area (Å²) < 4.78 is 0. The zero-order chi connectivity index (χ0) is 15.6. The Morgan fingerprint density at radius 2 is 1.70 bits per heavy atom. The van der Waals surface area contributed by atoms with Gasteiger partial charge in [-0.15, -0.1) is 0 Å². The number of nitrogens with zero attached hydrogens (tertiary/aromatic N) is 1. The third kappa shape index (κ3) is 4.44. The Morgan fingerprint density at radius 1 is 1.10 bits per heavy atom. The van der Waals surface area contributed by atoms with Crippen molar-refractivity contribution in [3.8, 4) is 0 Å². The summed E-state index contributed by atoms with van der Waals surface area (Å²) in [5.74, 6) is 0.0462. The fourth-order valence-corrected chi connectivity index (χ4v) is 1.44. The maximum absolute atomic E-state index is 12.1. The molecule has 0 saturated heterocycles. The van der Waals surface area contributed by atoms with E-state index in [1.165, 1.54) is 0 Å². The first-order chi connectivity index (χ1) is 9.01. The van der Waals surface area contributed by atoms with Gasteiger partial charge in [-0.2, -0.15) is 0 Å². The minimum absolute atomic E-state index is 0.0758. The van der Waals surface area contributed by atoms with Crippen LogP contribution < -0.4 is 5.32 Å². The van der Waals surface area contributed by atoms with Crippen LogP contribution in [0.4, 0.5) is 5.69 Å². The number of carbonyl (C=O) groups is 2. The van der Waals surface area contributed by atoms with Crippen molar-refractivity contribution in [2.75, 3.05) is 5.32 Å². The minimum Gasteiger partial charge on any atom is -0.325 e. The van der Waals surface area contributed by atoms with E-state index in [-0.39, 0.29) is 18.1 Å². The van der Waals surface area contributed by atoms with Gasteiger partial charge in [0.2, 0.25) is 5.91 Å². The maximum atomic E-state index is 12.1. The van der Waals surface area contributed by atoms with Gasteiger partial charge in [0.1, 0.15) is 5.78 Å². The molecule has 1 amide bonds. The van der Waals surface area contributed by atoms with E-state index in [4.69, 9.17) is 0 Å². The van der Waals surface area contributed by atoms with Gasteiger partial charge in [0.15, 0.2) is 0 Å². The average Bonchev–Trinajstić information content (AvgIpc) is 2.29. The molecule has 4 nitrogen and oxygen atoms in total. The van der Waals surface area contributed by atoms with Crippen LogP contribution in [0, 0.1) is 10.8 Å². The van der Waals surface area contributed by atoms with Crippen molar-refractivity contribution in [3.05, 3.63) is 24.0 Å². The molecule has 0 aromatic carbocycles. The van der Waals surface area contributed by atoms with Gasteiger partial charge in [0.25, 0.3) is 0 Å². The normalized spacial score (nSPS) is 12.1. The summed E-state index contributed by atoms with van der Waals surface area (Å²) >= 11 is 0. The molecule has 1 aromatic heterocycles. The van der Waals surface area contributed by atoms with E-state index < -0.39 is 10.8 Å². The fraction of sp³-hybridized carbons (Fsp3) is 0.562. The van der Waals surface area contributed by atoms with Crippen molar-refractivity contribution >= 4 is 17.4 Å². The average molecular weight is 276 g/mol. The van der Waals surface area contributed by atoms with E-state index >= 15 is 0 Å². The van der Waals surface area contributed by atoms with Gasteiger partial charge in [0.05, 0.1) is 0 Å². The van der Waals surface area contributed by atoms with Crippen LogP contribution in [0.2, 0.25) is 0 Å². The van der Waals surface area contributed by atoms with Crippen molar-refractivity contribution in [3.63, 3.8) is 0 Å². The lowest BCUT2D eigenvalue weighted by atomic mass is 9.87. The predicted molar refractivity (Wildman–Crippen MR) is 80.5 cm³/mol. The predicted octanol–water partition coefficient (Wildman–Crippen LogP) is 3.22. The topological polar surface area (TPSA) is 59.1 Å². The molecule has 0 aliphatic rings. The Morgan fingerprint density at radius 3 is 2.20 bits per heavy atom. The molecule has 110 valence electrons. The Balaban J connectivity index is 2.95. The van der Waals surface area contributed by atoms with Gasteiger partial charge in [-0.3, -0.25) is 14.6 Å². The second-order valence-corrected chi connectivity index (χ2v) is 7.09. The number of aromatic nitrogens is 1. The summed E-state index contributed by atoms with van der Waals surface area (Å²) in [6.45, 7) is 11.2. The molecule has 0 saturated carbocycles. The Bertz CT molecular complexity index is 461. The summed E-state index contributed by atoms with van der Waals surface area (Å²) in [7, 11) is 0. The lowest BCUT2D eigenvalue weighted by Crippen LogP contribution is -2.29. The lowest BCUT2D eigenvalue weighted by molar-refractivity contribution is -0.125. The van der Waals surface area contributed by atoms with Gasteiger partial charge in [0, 0.05) is 40.9 Å². The van der Waals surface area contributed by atoms with E-state index in [2.05, 4.69) is 10.3 Å². The fourth-order valence-electron chi connectivity index (χ4n) is 1.44. The highest BCUT2D eigenvalue weighted by atomic mass is 16.2. The van der Waals surface area contributed by atoms with Crippen molar-refractivity contribution in [1.29, 1.82) is 0 Å². The largest absolute Gasteiger partial charge is 0.325 e. The van der Waals surface area contributed by atoms with Gasteiger partial charge >= 0.3 is 0 Å². The van der Waals surface area contributed by atoms with Crippen molar-refractivity contribution < 1.29 is 9.59 Å². The van der Waals surface area contributed by atoms with Gasteiger partial charge < -0.3 is 5.32 Å². The summed E-state index contributed by atoms with van der Waals surface area (Å²) in [5, 5.41) is 2.88. The first-order valence-electron chi connectivity index (χ1n) is 6.79. The van der Waals surface area contributed by atoms with E-state index in [0.29, 0.717) is 5.69 Å². The second kappa shape index (κ2) is 5.73. The van der Waals surface area contributed by atoms with Gasteiger partial charge in [-0.1, -0.05) is 41.5 Å². The number of hydrogen-bond acceptors (Lipinski definition) is 3. The van der Waals surface area contributed by atoms with Crippen LogP contribution >= 0.6 is 0 Å². The summed E-state index contributed by atoms with van der Waals surface area (Å²) in [5.41, 5.74) is 0.540. The Hall–Kier alpha value is -1.71. The molecule has 1 aromatic rings. The molecule has 0 atom stereocenters. The molecule has 0 spiro atoms. The number of nitrogens with one attached hydrogen (secondary N) is 1. The van der Waals surface area contributed by atoms with Crippen LogP contribution in [0.5, 0.6) is 0 Å². The summed E-state index contributed by atoms with van der Waals surface area (Å²) in [6, 6.07) is 1.73. The number of Topliss-reactive ketones (excluding diaryl/α,β-unsaturated/α-hetero) is 1. The highest BCUT2D eigenvalue weighted by Gasteiger charge is 2.25. The van der Waals surface area contributed by atoms with Crippen LogP contribution in [0.15, 0.2) is 18.5 Å². The SMILES string of the molecule is CC(C)(C)C(=O)Cc1cnccc1NC(=O)C(C)(C)C. The van der Waals surface area contributed by atoms with Crippen LogP contribution in [-0.2, 0) is 16.0 Å². The molecule has 1 heterocycles. The standard InChI is InChI=1S/C16H24N2O2/c1-15(2,3)13(19)9-11-10-17-8-7-12(11)18-14(20)16(4,5)6/h7-8,10H,9H2,1-6H3,(H,17,18,20). The number of amides is 1. The lowest BCUT2D eigenvalue weighted by Gasteiger charge is -2.20. The first-order valence-corrected chi connectivity index (χ1v) is 6.79. The van der Waals surface area contributed by atoms with Crippen LogP contribution in [0.1, 0.15) is 47.1 Å². The number of anilines is 1. The van der Waals surface area contributed by atoms with E-state index in [0.717, 1.165) is 5.56 Å². The molecule has 0 unspecified atom stereocenters. The zero-order valence-electron chi connectivity index (χ0n) is 13.2. The molecule has 0 bridgehead atoms. The van der Waals surface area contributed by atoms with E-state index in [1.54, 1.807) is 18.5 Å². The molecule has 1 rings (SSSR count). The van der Waals surface area contributed by atoms with Crippen molar-refractivity contribution in [2.45, 2.75) is 48.0 Å². The minimum atomic E-state index is -0.478. The van der Waals surface area contributed by atoms with Crippen LogP contribution in [0.3, 0.4) is 0 Å². The number of ketones is 1. The number of carbonyl (C=O) groups excluding carboxylic acids is 2. The number of pyridine rings is 1. The Kier molecular flexibility index (Phi) is 4.69. The first kappa shape index (κ1) is 16.3. The number of hydrogen-bond donors (Lipinski definition) is 1. The van der Waals surface area contributed by atoms with Crippen LogP contribution in [-0.4, -0.2) is 16.7 Å². The smallest absolute Gasteiger partial charge is 0.229 e. The molecule has 20 heavy (non-hydrogen) atoms. The van der Waals surface area contributed by atoms with Crippen LogP contribution in [0.25, 0.3) is 0 Å². The molecule has 0 aliphatic heterocycles. The summed E-state index contributed by atoms with van der Waals surface area (Å²) in [4.78, 5) is 28.2. The molecule has 4 heteroatoms. The van der Waals surface area contributed by atoms with Gasteiger partial charge in [-0.25, -0.2) is 0 Å². The quantitative estimate of drug-likeness (QED) is 0.922. The van der Waals surface area contributed by atoms with E-state index in [1.807, 2.05) is 41.5 Å². The molecule has 0 aliphatic carbocycles. The molecular formula is C16H24N2O2. The van der Waals surface area contributed by atoms with Crippen molar-refractivity contribution in [1.82, 2.24) is 4.98 Å². The third-order valence-corrected chi connectivity index (χ3v) is 3.02. The van der Waals surface area contributed by atoms with Gasteiger partial charge in [-0.05, 0) is 6.07 Å². The molecule has 0 radical (unpaired) electrons. The summed E-state index contributed by atoms with van der Waals surface area (Å²) in [6.07, 6.45) is 3.53. The van der Waals surface area contributed by atoms with Crippen molar-refractivity contribution in [2.24, 2.45) is 10.8 Å². The highest BCUT2D eigenvalue weighted by Crippen LogP contribution is 2.23. The molecule has 1 N–H and O–H groups in total. The third-order valence-electron chi connectivity index (χ3n) is 3.02. The number of rotatable bonds is 3. The maximum Gasteiger partial charge on any atom is 0.229 e. The highest BCUT2D eigenvalue weighted by molar-refractivity contribution is 5.96. The second-order valence-electron chi connectivity index (χ2n) is 7.09.